The molecule has 270 valence electrons. The molecule has 0 spiro atoms. The van der Waals surface area contributed by atoms with E-state index in [9.17, 15) is 30.7 Å². The maximum absolute atomic E-state index is 13.3. The van der Waals surface area contributed by atoms with Gasteiger partial charge in [-0.1, -0.05) is 47.6 Å². The van der Waals surface area contributed by atoms with E-state index in [-0.39, 0.29) is 40.4 Å². The summed E-state index contributed by atoms with van der Waals surface area (Å²) in [7, 11) is -8.57. The molecule has 1 aliphatic heterocycles. The third-order valence-corrected chi connectivity index (χ3v) is 12.3. The van der Waals surface area contributed by atoms with Crippen molar-refractivity contribution in [3.05, 3.63) is 63.0 Å². The van der Waals surface area contributed by atoms with Crippen LogP contribution in [0.3, 0.4) is 0 Å². The van der Waals surface area contributed by atoms with Crippen LogP contribution >= 0.6 is 0 Å². The first kappa shape index (κ1) is 36.3. The molecule has 6 rings (SSSR count). The van der Waals surface area contributed by atoms with Gasteiger partial charge >= 0.3 is 5.97 Å². The molecule has 0 fully saturated rings. The van der Waals surface area contributed by atoms with Gasteiger partial charge in [-0.05, 0) is 95.2 Å². The topological polar surface area (TPSA) is 170 Å². The predicted octanol–water partition coefficient (Wildman–Crippen LogP) is 4.51. The van der Waals surface area contributed by atoms with Gasteiger partial charge in [-0.3, -0.25) is 4.79 Å². The quantitative estimate of drug-likeness (QED) is 0.148. The highest BCUT2D eigenvalue weighted by molar-refractivity contribution is 7.86. The first-order chi connectivity index (χ1) is 23.1. The average molecular weight is 726 g/mol. The number of fused-ring (bicyclic) bond motifs is 4. The largest absolute Gasteiger partial charge is 0.744 e. The number of aryl methyl sites for hydroxylation is 2. The van der Waals surface area contributed by atoms with E-state index in [4.69, 9.17) is 9.84 Å². The highest BCUT2D eigenvalue weighted by Gasteiger charge is 2.41. The Labute approximate surface area is 293 Å². The van der Waals surface area contributed by atoms with Gasteiger partial charge in [0.1, 0.15) is 42.4 Å². The van der Waals surface area contributed by atoms with Crippen molar-refractivity contribution in [3.8, 4) is 11.5 Å². The first-order valence-corrected chi connectivity index (χ1v) is 19.9. The summed E-state index contributed by atoms with van der Waals surface area (Å²) in [5.74, 6) is -1.06. The Kier molecular flexibility index (Phi) is 8.93. The van der Waals surface area contributed by atoms with E-state index in [0.29, 0.717) is 72.0 Å². The summed E-state index contributed by atoms with van der Waals surface area (Å²) in [5.41, 5.74) is 1.74. The maximum Gasteiger partial charge on any atom is 0.303 e. The van der Waals surface area contributed by atoms with Crippen LogP contribution in [-0.2, 0) is 45.0 Å². The molecule has 2 aromatic carbocycles. The first-order valence-electron chi connectivity index (χ1n) is 17.1. The maximum atomic E-state index is 13.3. The van der Waals surface area contributed by atoms with Crippen LogP contribution in [0.2, 0.25) is 0 Å². The van der Waals surface area contributed by atoms with Crippen LogP contribution in [0, 0.1) is 10.8 Å². The van der Waals surface area contributed by atoms with Gasteiger partial charge < -0.3 is 18.9 Å². The highest BCUT2D eigenvalue weighted by Crippen LogP contribution is 2.51. The molecule has 0 amide bonds. The number of hydrogen-bond acceptors (Lipinski definition) is 8. The number of carboxylic acid groups (broad SMARTS) is 1. The number of benzene rings is 2. The number of aromatic nitrogens is 2. The average Bonchev–Trinajstić information content (AvgIpc) is 3.30. The molecule has 0 radical (unpaired) electrons. The molecule has 3 aromatic rings. The molecule has 13 heteroatoms. The monoisotopic (exact) mass is 725 g/mol. The third kappa shape index (κ3) is 6.53. The van der Waals surface area contributed by atoms with Crippen LogP contribution in [0.15, 0.2) is 34.3 Å². The molecule has 0 bridgehead atoms. The fourth-order valence-corrected chi connectivity index (χ4v) is 10.4. The molecule has 1 N–H and O–H groups in total. The Balaban J connectivity index is 1.77. The number of carbonyl (C=O) groups is 1. The second-order valence-corrected chi connectivity index (χ2v) is 18.6. The van der Waals surface area contributed by atoms with Crippen molar-refractivity contribution in [2.24, 2.45) is 17.9 Å². The number of unbranched alkanes of at least 4 members (excludes halogenated alkanes) is 2. The normalized spacial score (nSPS) is 20.5. The summed E-state index contributed by atoms with van der Waals surface area (Å²) < 4.78 is 90.2. The smallest absolute Gasteiger partial charge is 0.303 e. The van der Waals surface area contributed by atoms with Crippen molar-refractivity contribution in [3.63, 3.8) is 0 Å². The molecular weight excluding hydrogens is 681 g/mol. The fourth-order valence-electron chi connectivity index (χ4n) is 8.72. The molecule has 3 aliphatic rings. The van der Waals surface area contributed by atoms with E-state index in [1.165, 1.54) is 0 Å². The fraction of sp³-hybridized carbons (Fsp3) is 0.514. The number of carboxylic acids is 1. The van der Waals surface area contributed by atoms with E-state index < -0.39 is 41.4 Å². The molecule has 2 atom stereocenters. The second kappa shape index (κ2) is 12.3. The van der Waals surface area contributed by atoms with Gasteiger partial charge in [0.25, 0.3) is 5.82 Å². The van der Waals surface area contributed by atoms with Crippen LogP contribution in [0.25, 0.3) is 11.6 Å². The second-order valence-electron chi connectivity index (χ2n) is 15.9. The molecule has 2 aliphatic carbocycles. The van der Waals surface area contributed by atoms with Crippen molar-refractivity contribution < 1.29 is 45.1 Å². The number of ether oxygens (including phenoxy) is 1. The summed E-state index contributed by atoms with van der Waals surface area (Å²) in [6.07, 6.45) is 9.03. The summed E-state index contributed by atoms with van der Waals surface area (Å²) >= 11 is 0. The van der Waals surface area contributed by atoms with E-state index in [2.05, 4.69) is 0 Å². The molecule has 0 saturated carbocycles. The Hall–Kier alpha value is -3.52. The van der Waals surface area contributed by atoms with Crippen molar-refractivity contribution in [1.29, 1.82) is 0 Å². The van der Waals surface area contributed by atoms with Gasteiger partial charge in [-0.2, -0.15) is 0 Å². The lowest BCUT2D eigenvalue weighted by molar-refractivity contribution is -0.673. The molecule has 0 saturated heterocycles. The number of hydrogen-bond donors (Lipinski definition) is 1. The van der Waals surface area contributed by atoms with Crippen LogP contribution < -0.4 is 19.7 Å². The standard InChI is InChI=1S/C37H46N2O9S2/c1-21-17-36(3,4)19-27-23(21)15-25-30(35-38(7)13-14-39(35)12-10-8-9-11-29(40)41)26-16-24-22(2)18-37(5,6)20-28(24)34(50(45,46)47)32(26)48-31(25)33(27)49(42,43)44/h13-16,19,21-22H,8-12,17-18,20H2,1-7H3,(H2-,40,41,42,43,44,45,46,47)/p-1. The lowest BCUT2D eigenvalue weighted by Gasteiger charge is -2.39. The lowest BCUT2D eigenvalue weighted by Crippen LogP contribution is -2.38. The molecule has 50 heavy (non-hydrogen) atoms. The minimum atomic E-state index is -5.20. The Morgan fingerprint density at radius 3 is 2.26 bits per heavy atom. The van der Waals surface area contributed by atoms with E-state index in [1.807, 2.05) is 82.3 Å². The van der Waals surface area contributed by atoms with E-state index in [1.54, 1.807) is 6.08 Å². The predicted molar refractivity (Wildman–Crippen MR) is 183 cm³/mol. The van der Waals surface area contributed by atoms with Gasteiger partial charge in [0, 0.05) is 17.2 Å². The summed E-state index contributed by atoms with van der Waals surface area (Å²) in [5, 5.41) is 9.66. The SMILES string of the molecule is CC1CC(C)(C)Cc2c1cc1c(c2S(=O)(=O)[O-])Oc2c(S(=O)(=O)[O-])c3c(cc2=C1c1n(CCCCCC(=O)O)cc[n+]1C)C(C)CC(C)(C)C=3. The molecule has 2 heterocycles. The van der Waals surface area contributed by atoms with Gasteiger partial charge in [-0.25, -0.2) is 26.0 Å². The van der Waals surface area contributed by atoms with Crippen molar-refractivity contribution in [2.45, 2.75) is 115 Å². The Bertz CT molecular complexity index is 2280. The van der Waals surface area contributed by atoms with Gasteiger partial charge in [-0.15, -0.1) is 0 Å². The zero-order valence-electron chi connectivity index (χ0n) is 29.6. The van der Waals surface area contributed by atoms with E-state index in [0.717, 1.165) is 12.0 Å². The molecule has 1 aromatic heterocycles. The highest BCUT2D eigenvalue weighted by atomic mass is 32.2. The van der Waals surface area contributed by atoms with Crippen molar-refractivity contribution in [1.82, 2.24) is 4.57 Å². The van der Waals surface area contributed by atoms with E-state index >= 15 is 0 Å². The Morgan fingerprint density at radius 1 is 0.960 bits per heavy atom. The number of aliphatic carboxylic acids is 1. The van der Waals surface area contributed by atoms with Crippen LogP contribution in [0.5, 0.6) is 11.5 Å². The number of imidazole rings is 1. The van der Waals surface area contributed by atoms with Crippen LogP contribution in [0.4, 0.5) is 0 Å². The zero-order valence-corrected chi connectivity index (χ0v) is 31.3. The van der Waals surface area contributed by atoms with Crippen LogP contribution in [-0.4, -0.2) is 41.6 Å². The lowest BCUT2D eigenvalue weighted by atomic mass is 9.69. The molecule has 11 nitrogen and oxygen atoms in total. The minimum absolute atomic E-state index is 0.0535. The summed E-state index contributed by atoms with van der Waals surface area (Å²) in [6.45, 7) is 12.4. The van der Waals surface area contributed by atoms with Gasteiger partial charge in [0.05, 0.1) is 19.2 Å². The third-order valence-electron chi connectivity index (χ3n) is 10.5. The minimum Gasteiger partial charge on any atom is -0.744 e. The van der Waals surface area contributed by atoms with Gasteiger partial charge in [0.2, 0.25) is 0 Å². The summed E-state index contributed by atoms with van der Waals surface area (Å²) in [6, 6.07) is 3.74. The van der Waals surface area contributed by atoms with Crippen molar-refractivity contribution >= 4 is 37.9 Å². The number of nitrogens with zero attached hydrogens (tertiary/aromatic N) is 2. The zero-order chi connectivity index (χ0) is 36.7. The molecular formula is C37H45N2O9S2-. The van der Waals surface area contributed by atoms with Crippen molar-refractivity contribution in [2.75, 3.05) is 0 Å². The molecule has 2 unspecified atom stereocenters. The summed E-state index contributed by atoms with van der Waals surface area (Å²) in [4.78, 5) is 10.0. The number of rotatable bonds is 9. The Morgan fingerprint density at radius 2 is 1.62 bits per heavy atom. The van der Waals surface area contributed by atoms with Gasteiger partial charge in [0.15, 0.2) is 11.5 Å². The van der Waals surface area contributed by atoms with Crippen LogP contribution in [0.1, 0.15) is 120 Å².